The second-order valence-electron chi connectivity index (χ2n) is 6.21. The van der Waals surface area contributed by atoms with Gasteiger partial charge in [0.15, 0.2) is 5.75 Å². The molecule has 2 aromatic carbocycles. The van der Waals surface area contributed by atoms with Crippen LogP contribution < -0.4 is 19.7 Å². The van der Waals surface area contributed by atoms with Crippen LogP contribution in [0.4, 0.5) is 11.4 Å². The Labute approximate surface area is 171 Å². The van der Waals surface area contributed by atoms with Gasteiger partial charge in [-0.25, -0.2) is 4.98 Å². The summed E-state index contributed by atoms with van der Waals surface area (Å²) in [5.74, 6) is 0.388. The number of carbonyl (C=O) groups excluding carboxylic acids is 2. The SMILES string of the molecule is COc1ccc(NC(=O)CN2C(=O)c3cccnc3Oc3ccccc32)cc1Cl. The molecule has 0 bridgehead atoms. The number of fused-ring (bicyclic) bond motifs is 2. The summed E-state index contributed by atoms with van der Waals surface area (Å²) in [6.45, 7) is -0.211. The van der Waals surface area contributed by atoms with E-state index >= 15 is 0 Å². The van der Waals surface area contributed by atoms with E-state index in [9.17, 15) is 9.59 Å². The highest BCUT2D eigenvalue weighted by Gasteiger charge is 2.30. The van der Waals surface area contributed by atoms with Crippen LogP contribution in [-0.2, 0) is 4.79 Å². The van der Waals surface area contributed by atoms with Crippen molar-refractivity contribution in [3.05, 3.63) is 71.4 Å². The summed E-state index contributed by atoms with van der Waals surface area (Å²) in [5, 5.41) is 3.12. The molecular weight excluding hydrogens is 394 g/mol. The molecular formula is C21H16ClN3O4. The van der Waals surface area contributed by atoms with E-state index in [4.69, 9.17) is 21.1 Å². The van der Waals surface area contributed by atoms with Gasteiger partial charge < -0.3 is 14.8 Å². The number of anilines is 2. The molecule has 0 aliphatic carbocycles. The maximum absolute atomic E-state index is 13.1. The molecule has 2 heterocycles. The Kier molecular flexibility index (Phi) is 5.05. The molecule has 8 heteroatoms. The zero-order valence-corrected chi connectivity index (χ0v) is 16.1. The van der Waals surface area contributed by atoms with E-state index in [2.05, 4.69) is 10.3 Å². The Morgan fingerprint density at radius 2 is 2.03 bits per heavy atom. The predicted molar refractivity (Wildman–Crippen MR) is 109 cm³/mol. The molecule has 1 N–H and O–H groups in total. The number of ether oxygens (including phenoxy) is 2. The van der Waals surface area contributed by atoms with Gasteiger partial charge in [-0.05, 0) is 42.5 Å². The Hall–Kier alpha value is -3.58. The van der Waals surface area contributed by atoms with Crippen LogP contribution in [0.25, 0.3) is 0 Å². The van der Waals surface area contributed by atoms with Gasteiger partial charge >= 0.3 is 0 Å². The van der Waals surface area contributed by atoms with E-state index in [1.807, 2.05) is 0 Å². The van der Waals surface area contributed by atoms with Crippen molar-refractivity contribution in [1.29, 1.82) is 0 Å². The molecule has 0 atom stereocenters. The first kappa shape index (κ1) is 18.8. The lowest BCUT2D eigenvalue weighted by Gasteiger charge is -2.21. The highest BCUT2D eigenvalue weighted by Crippen LogP contribution is 2.37. The van der Waals surface area contributed by atoms with Gasteiger partial charge in [-0.15, -0.1) is 0 Å². The maximum atomic E-state index is 13.1. The number of nitrogens with one attached hydrogen (secondary N) is 1. The molecule has 1 aliphatic heterocycles. The molecule has 29 heavy (non-hydrogen) atoms. The molecule has 0 radical (unpaired) electrons. The standard InChI is InChI=1S/C21H16ClN3O4/c1-28-17-9-8-13(11-15(17)22)24-19(26)12-25-16-6-2-3-7-18(16)29-20-14(21(25)27)5-4-10-23-20/h2-11H,12H2,1H3,(H,24,26). The molecule has 0 fully saturated rings. The van der Waals surface area contributed by atoms with Crippen LogP contribution in [0.3, 0.4) is 0 Å². The number of carbonyl (C=O) groups is 2. The molecule has 7 nitrogen and oxygen atoms in total. The Bertz CT molecular complexity index is 1100. The first-order chi connectivity index (χ1) is 14.1. The van der Waals surface area contributed by atoms with Crippen LogP contribution in [0, 0.1) is 0 Å². The number of methoxy groups -OCH3 is 1. The molecule has 0 spiro atoms. The summed E-state index contributed by atoms with van der Waals surface area (Å²) in [7, 11) is 1.51. The van der Waals surface area contributed by atoms with E-state index in [0.717, 1.165) is 0 Å². The number of amides is 2. The highest BCUT2D eigenvalue weighted by molar-refractivity contribution is 6.32. The van der Waals surface area contributed by atoms with Crippen molar-refractivity contribution < 1.29 is 19.1 Å². The first-order valence-electron chi connectivity index (χ1n) is 8.74. The normalized spacial score (nSPS) is 12.3. The molecule has 2 amide bonds. The van der Waals surface area contributed by atoms with Crippen molar-refractivity contribution in [2.24, 2.45) is 0 Å². The fourth-order valence-corrected chi connectivity index (χ4v) is 3.26. The molecule has 0 unspecified atom stereocenters. The van der Waals surface area contributed by atoms with Crippen molar-refractivity contribution >= 4 is 34.8 Å². The second kappa shape index (κ2) is 7.81. The van der Waals surface area contributed by atoms with E-state index < -0.39 is 0 Å². The van der Waals surface area contributed by atoms with Crippen LogP contribution in [-0.4, -0.2) is 30.5 Å². The van der Waals surface area contributed by atoms with E-state index in [1.165, 1.54) is 12.0 Å². The predicted octanol–water partition coefficient (Wildman–Crippen LogP) is 4.13. The molecule has 3 aromatic rings. The minimum atomic E-state index is -0.387. The summed E-state index contributed by atoms with van der Waals surface area (Å²) in [6, 6.07) is 15.2. The number of nitrogens with zero attached hydrogens (tertiary/aromatic N) is 2. The highest BCUT2D eigenvalue weighted by atomic mass is 35.5. The van der Waals surface area contributed by atoms with Crippen molar-refractivity contribution in [2.45, 2.75) is 0 Å². The molecule has 0 saturated carbocycles. The zero-order chi connectivity index (χ0) is 20.4. The number of pyridine rings is 1. The van der Waals surface area contributed by atoms with Gasteiger partial charge in [0, 0.05) is 11.9 Å². The summed E-state index contributed by atoms with van der Waals surface area (Å²) >= 11 is 6.11. The molecule has 4 rings (SSSR count). The number of para-hydroxylation sites is 2. The number of hydrogen-bond donors (Lipinski definition) is 1. The van der Waals surface area contributed by atoms with Crippen LogP contribution >= 0.6 is 11.6 Å². The van der Waals surface area contributed by atoms with Crippen molar-refractivity contribution in [3.63, 3.8) is 0 Å². The average molecular weight is 410 g/mol. The van der Waals surface area contributed by atoms with Crippen molar-refractivity contribution in [1.82, 2.24) is 4.98 Å². The van der Waals surface area contributed by atoms with Gasteiger partial charge in [0.1, 0.15) is 17.9 Å². The Morgan fingerprint density at radius 1 is 1.21 bits per heavy atom. The molecule has 146 valence electrons. The van der Waals surface area contributed by atoms with Gasteiger partial charge in [0.05, 0.1) is 17.8 Å². The fourth-order valence-electron chi connectivity index (χ4n) is 3.01. The van der Waals surface area contributed by atoms with Gasteiger partial charge in [-0.3, -0.25) is 14.5 Å². The quantitative estimate of drug-likeness (QED) is 0.700. The minimum Gasteiger partial charge on any atom is -0.495 e. The summed E-state index contributed by atoms with van der Waals surface area (Å²) in [6.07, 6.45) is 1.55. The number of hydrogen-bond acceptors (Lipinski definition) is 5. The van der Waals surface area contributed by atoms with Crippen LogP contribution in [0.5, 0.6) is 17.4 Å². The molecule has 1 aromatic heterocycles. The lowest BCUT2D eigenvalue weighted by Crippen LogP contribution is -2.37. The van der Waals surface area contributed by atoms with Crippen molar-refractivity contribution in [3.8, 4) is 17.4 Å². The van der Waals surface area contributed by atoms with Crippen molar-refractivity contribution in [2.75, 3.05) is 23.9 Å². The van der Waals surface area contributed by atoms with Gasteiger partial charge in [0.2, 0.25) is 11.8 Å². The lowest BCUT2D eigenvalue weighted by molar-refractivity contribution is -0.114. The third-order valence-corrected chi connectivity index (χ3v) is 4.64. The van der Waals surface area contributed by atoms with Crippen LogP contribution in [0.2, 0.25) is 5.02 Å². The summed E-state index contributed by atoms with van der Waals surface area (Å²) < 4.78 is 10.9. The molecule has 1 aliphatic rings. The van der Waals surface area contributed by atoms with Gasteiger partial charge in [0.25, 0.3) is 5.91 Å². The largest absolute Gasteiger partial charge is 0.495 e. The Morgan fingerprint density at radius 3 is 2.83 bits per heavy atom. The van der Waals surface area contributed by atoms with Gasteiger partial charge in [-0.1, -0.05) is 23.7 Å². The first-order valence-corrected chi connectivity index (χ1v) is 9.12. The summed E-state index contributed by atoms with van der Waals surface area (Å²) in [5.41, 5.74) is 1.26. The van der Waals surface area contributed by atoms with E-state index in [-0.39, 0.29) is 29.8 Å². The van der Waals surface area contributed by atoms with Crippen LogP contribution in [0.15, 0.2) is 60.8 Å². The fraction of sp³-hybridized carbons (Fsp3) is 0.0952. The molecule has 0 saturated heterocycles. The van der Waals surface area contributed by atoms with Crippen LogP contribution in [0.1, 0.15) is 10.4 Å². The number of aromatic nitrogens is 1. The monoisotopic (exact) mass is 409 g/mol. The lowest BCUT2D eigenvalue weighted by atomic mass is 10.2. The third kappa shape index (κ3) is 3.72. The second-order valence-corrected chi connectivity index (χ2v) is 6.62. The smallest absolute Gasteiger partial charge is 0.264 e. The zero-order valence-electron chi connectivity index (χ0n) is 15.4. The number of rotatable bonds is 4. The third-order valence-electron chi connectivity index (χ3n) is 4.35. The van der Waals surface area contributed by atoms with E-state index in [0.29, 0.717) is 27.9 Å². The number of benzene rings is 2. The summed E-state index contributed by atoms with van der Waals surface area (Å²) in [4.78, 5) is 31.3. The minimum absolute atomic E-state index is 0.204. The van der Waals surface area contributed by atoms with E-state index in [1.54, 1.807) is 60.8 Å². The average Bonchev–Trinajstić information content (AvgIpc) is 2.83. The number of halogens is 1. The maximum Gasteiger partial charge on any atom is 0.264 e. The van der Waals surface area contributed by atoms with Gasteiger partial charge in [-0.2, -0.15) is 0 Å². The topological polar surface area (TPSA) is 80.8 Å². The Balaban J connectivity index is 1.62.